The molecule has 4 aromatic rings. The van der Waals surface area contributed by atoms with E-state index < -0.39 is 9.84 Å². The number of thiazole rings is 1. The standard InChI is InChI=1S/C23H21N3O3S2/c1-3-31(27,28)18-11-7-10-17(14-18)20-19(12-13-25-22(20)24)29-23-21(26-15(2)30-23)16-8-5-4-6-9-16/h4-14H,3H2,1-2H3,(H2,24,25). The first kappa shape index (κ1) is 21.0. The molecule has 2 aromatic carbocycles. The van der Waals surface area contributed by atoms with Crippen molar-refractivity contribution in [2.75, 3.05) is 11.5 Å². The molecule has 0 saturated carbocycles. The Balaban J connectivity index is 1.81. The minimum Gasteiger partial charge on any atom is -0.443 e. The summed E-state index contributed by atoms with van der Waals surface area (Å²) >= 11 is 1.43. The van der Waals surface area contributed by atoms with Gasteiger partial charge in [-0.05, 0) is 30.7 Å². The van der Waals surface area contributed by atoms with Crippen LogP contribution in [0.15, 0.2) is 71.8 Å². The first-order chi connectivity index (χ1) is 14.9. The molecule has 4 rings (SSSR count). The zero-order valence-electron chi connectivity index (χ0n) is 17.1. The third-order valence-corrected chi connectivity index (χ3v) is 7.34. The first-order valence-electron chi connectivity index (χ1n) is 9.67. The normalized spacial score (nSPS) is 11.4. The molecule has 0 unspecified atom stereocenters. The summed E-state index contributed by atoms with van der Waals surface area (Å²) in [5.74, 6) is 0.758. The van der Waals surface area contributed by atoms with Gasteiger partial charge in [0.2, 0.25) is 5.06 Å². The number of benzene rings is 2. The summed E-state index contributed by atoms with van der Waals surface area (Å²) < 4.78 is 31.0. The number of anilines is 1. The highest BCUT2D eigenvalue weighted by atomic mass is 32.2. The number of nitrogen functional groups attached to an aromatic ring is 1. The fourth-order valence-corrected chi connectivity index (χ4v) is 4.92. The number of sulfone groups is 1. The molecule has 0 aliphatic heterocycles. The molecule has 0 fully saturated rings. The molecule has 31 heavy (non-hydrogen) atoms. The first-order valence-corrected chi connectivity index (χ1v) is 12.1. The van der Waals surface area contributed by atoms with Crippen LogP contribution in [0.25, 0.3) is 22.4 Å². The molecular weight excluding hydrogens is 430 g/mol. The van der Waals surface area contributed by atoms with Crippen molar-refractivity contribution in [1.82, 2.24) is 9.97 Å². The molecule has 6 nitrogen and oxygen atoms in total. The maximum atomic E-state index is 12.4. The van der Waals surface area contributed by atoms with E-state index in [-0.39, 0.29) is 16.5 Å². The Bertz CT molecular complexity index is 1330. The maximum absolute atomic E-state index is 12.4. The predicted molar refractivity (Wildman–Crippen MR) is 124 cm³/mol. The number of nitrogens with zero attached hydrogens (tertiary/aromatic N) is 2. The second-order valence-electron chi connectivity index (χ2n) is 6.84. The Morgan fingerprint density at radius 2 is 1.77 bits per heavy atom. The van der Waals surface area contributed by atoms with Crippen LogP contribution in [0.3, 0.4) is 0 Å². The van der Waals surface area contributed by atoms with E-state index in [4.69, 9.17) is 10.5 Å². The lowest BCUT2D eigenvalue weighted by atomic mass is 10.1. The van der Waals surface area contributed by atoms with Crippen LogP contribution >= 0.6 is 11.3 Å². The van der Waals surface area contributed by atoms with Gasteiger partial charge in [0.1, 0.15) is 17.3 Å². The number of rotatable bonds is 6. The average Bonchev–Trinajstić information content (AvgIpc) is 3.14. The molecule has 0 atom stereocenters. The van der Waals surface area contributed by atoms with Crippen LogP contribution in [-0.4, -0.2) is 24.1 Å². The fraction of sp³-hybridized carbons (Fsp3) is 0.130. The van der Waals surface area contributed by atoms with Gasteiger partial charge < -0.3 is 10.5 Å². The van der Waals surface area contributed by atoms with Crippen molar-refractivity contribution in [3.63, 3.8) is 0 Å². The van der Waals surface area contributed by atoms with Gasteiger partial charge in [-0.25, -0.2) is 18.4 Å². The van der Waals surface area contributed by atoms with E-state index >= 15 is 0 Å². The minimum atomic E-state index is -3.36. The second-order valence-corrected chi connectivity index (χ2v) is 10.3. The summed E-state index contributed by atoms with van der Waals surface area (Å²) in [5, 5.41) is 1.50. The van der Waals surface area contributed by atoms with E-state index in [2.05, 4.69) is 9.97 Å². The molecule has 2 heterocycles. The zero-order valence-corrected chi connectivity index (χ0v) is 18.7. The number of aromatic nitrogens is 2. The molecule has 0 aliphatic carbocycles. The number of ether oxygens (including phenoxy) is 1. The molecule has 2 N–H and O–H groups in total. The van der Waals surface area contributed by atoms with Crippen molar-refractivity contribution in [1.29, 1.82) is 0 Å². The highest BCUT2D eigenvalue weighted by Crippen LogP contribution is 2.42. The number of aryl methyl sites for hydroxylation is 1. The largest absolute Gasteiger partial charge is 0.443 e. The number of pyridine rings is 1. The van der Waals surface area contributed by atoms with Crippen molar-refractivity contribution in [3.05, 3.63) is 71.9 Å². The van der Waals surface area contributed by atoms with Crippen LogP contribution in [0.4, 0.5) is 5.82 Å². The molecule has 0 radical (unpaired) electrons. The Morgan fingerprint density at radius 3 is 2.52 bits per heavy atom. The highest BCUT2D eigenvalue weighted by molar-refractivity contribution is 7.91. The van der Waals surface area contributed by atoms with Crippen molar-refractivity contribution in [2.45, 2.75) is 18.7 Å². The monoisotopic (exact) mass is 451 g/mol. The lowest BCUT2D eigenvalue weighted by molar-refractivity contribution is 0.498. The SMILES string of the molecule is CCS(=O)(=O)c1cccc(-c2c(Oc3sc(C)nc3-c3ccccc3)ccnc2N)c1. The molecule has 2 aromatic heterocycles. The van der Waals surface area contributed by atoms with Gasteiger partial charge in [-0.15, -0.1) is 0 Å². The number of hydrogen-bond acceptors (Lipinski definition) is 7. The Labute approximate surface area is 185 Å². The fourth-order valence-electron chi connectivity index (χ4n) is 3.20. The molecule has 158 valence electrons. The Kier molecular flexibility index (Phi) is 5.75. The summed E-state index contributed by atoms with van der Waals surface area (Å²) in [6, 6.07) is 18.2. The summed E-state index contributed by atoms with van der Waals surface area (Å²) in [5.41, 5.74) is 9.05. The van der Waals surface area contributed by atoms with Crippen molar-refractivity contribution in [3.8, 4) is 33.2 Å². The van der Waals surface area contributed by atoms with E-state index in [1.165, 1.54) is 11.3 Å². The van der Waals surface area contributed by atoms with Crippen LogP contribution < -0.4 is 10.5 Å². The van der Waals surface area contributed by atoms with Gasteiger partial charge in [-0.1, -0.05) is 60.7 Å². The van der Waals surface area contributed by atoms with Crippen LogP contribution in [-0.2, 0) is 9.84 Å². The van der Waals surface area contributed by atoms with Crippen molar-refractivity contribution >= 4 is 27.0 Å². The molecule has 0 aliphatic rings. The minimum absolute atomic E-state index is 0.0168. The summed E-state index contributed by atoms with van der Waals surface area (Å²) in [6.07, 6.45) is 1.57. The van der Waals surface area contributed by atoms with Crippen LogP contribution in [0.5, 0.6) is 10.8 Å². The van der Waals surface area contributed by atoms with Gasteiger partial charge in [0.15, 0.2) is 9.84 Å². The second kappa shape index (κ2) is 8.49. The third kappa shape index (κ3) is 4.30. The molecule has 8 heteroatoms. The smallest absolute Gasteiger partial charge is 0.208 e. The summed E-state index contributed by atoms with van der Waals surface area (Å²) in [6.45, 7) is 3.54. The molecule has 0 bridgehead atoms. The molecule has 0 saturated heterocycles. The van der Waals surface area contributed by atoms with E-state index in [0.717, 1.165) is 16.3 Å². The van der Waals surface area contributed by atoms with Crippen LogP contribution in [0, 0.1) is 6.92 Å². The quantitative estimate of drug-likeness (QED) is 0.425. The van der Waals surface area contributed by atoms with Gasteiger partial charge in [0.05, 0.1) is 21.2 Å². The highest BCUT2D eigenvalue weighted by Gasteiger charge is 2.19. The number of hydrogen-bond donors (Lipinski definition) is 1. The molecule has 0 spiro atoms. The van der Waals surface area contributed by atoms with Crippen molar-refractivity contribution < 1.29 is 13.2 Å². The Hall–Kier alpha value is -3.23. The van der Waals surface area contributed by atoms with E-state index in [1.807, 2.05) is 37.3 Å². The Morgan fingerprint density at radius 1 is 1.03 bits per heavy atom. The number of nitrogens with two attached hydrogens (primary N) is 1. The molecule has 0 amide bonds. The lowest BCUT2D eigenvalue weighted by Gasteiger charge is -2.13. The van der Waals surface area contributed by atoms with Gasteiger partial charge >= 0.3 is 0 Å². The topological polar surface area (TPSA) is 95.2 Å². The van der Waals surface area contributed by atoms with E-state index in [0.29, 0.717) is 21.9 Å². The van der Waals surface area contributed by atoms with Crippen LogP contribution in [0.1, 0.15) is 11.9 Å². The van der Waals surface area contributed by atoms with Gasteiger partial charge in [-0.3, -0.25) is 0 Å². The summed E-state index contributed by atoms with van der Waals surface area (Å²) in [7, 11) is -3.36. The van der Waals surface area contributed by atoms with E-state index in [1.54, 1.807) is 43.5 Å². The van der Waals surface area contributed by atoms with Crippen molar-refractivity contribution in [2.24, 2.45) is 0 Å². The maximum Gasteiger partial charge on any atom is 0.208 e. The van der Waals surface area contributed by atoms with Crippen LogP contribution in [0.2, 0.25) is 0 Å². The molecular formula is C23H21N3O3S2. The lowest BCUT2D eigenvalue weighted by Crippen LogP contribution is -2.04. The average molecular weight is 452 g/mol. The zero-order chi connectivity index (χ0) is 22.0. The van der Waals surface area contributed by atoms with Gasteiger partial charge in [-0.2, -0.15) is 0 Å². The third-order valence-electron chi connectivity index (χ3n) is 4.76. The van der Waals surface area contributed by atoms with Gasteiger partial charge in [0.25, 0.3) is 0 Å². The predicted octanol–water partition coefficient (Wildman–Crippen LogP) is 5.35. The van der Waals surface area contributed by atoms with E-state index in [9.17, 15) is 8.42 Å². The van der Waals surface area contributed by atoms with Gasteiger partial charge in [0, 0.05) is 11.8 Å². The summed E-state index contributed by atoms with van der Waals surface area (Å²) in [4.78, 5) is 9.05.